The van der Waals surface area contributed by atoms with E-state index in [1.165, 1.54) is 5.56 Å². The Kier molecular flexibility index (Phi) is 4.57. The summed E-state index contributed by atoms with van der Waals surface area (Å²) in [6, 6.07) is 8.48. The van der Waals surface area contributed by atoms with E-state index in [-0.39, 0.29) is 5.56 Å². The van der Waals surface area contributed by atoms with Crippen LogP contribution < -0.4 is 11.3 Å². The lowest BCUT2D eigenvalue weighted by atomic mass is 10.0. The average molecular weight is 352 g/mol. The summed E-state index contributed by atoms with van der Waals surface area (Å²) in [6.45, 7) is 5.04. The first-order chi connectivity index (χ1) is 12.6. The van der Waals surface area contributed by atoms with E-state index in [2.05, 4.69) is 33.2 Å². The molecule has 4 rings (SSSR count). The molecule has 3 heterocycles. The van der Waals surface area contributed by atoms with Crippen LogP contribution in [0.1, 0.15) is 35.7 Å². The van der Waals surface area contributed by atoms with Gasteiger partial charge in [-0.25, -0.2) is 4.68 Å². The molecule has 0 atom stereocenters. The molecule has 0 unspecified atom stereocenters. The monoisotopic (exact) mass is 352 g/mol. The van der Waals surface area contributed by atoms with Crippen LogP contribution in [0.4, 0.5) is 0 Å². The Labute approximate surface area is 151 Å². The molecule has 2 aromatic heterocycles. The van der Waals surface area contributed by atoms with Gasteiger partial charge in [0.15, 0.2) is 0 Å². The average Bonchev–Trinajstić information content (AvgIpc) is 3.12. The highest BCUT2D eigenvalue weighted by Crippen LogP contribution is 2.23. The van der Waals surface area contributed by atoms with Gasteiger partial charge in [0.2, 0.25) is 0 Å². The third-order valence-corrected chi connectivity index (χ3v) is 5.17. The summed E-state index contributed by atoms with van der Waals surface area (Å²) in [5.74, 6) is 0. The second kappa shape index (κ2) is 7.01. The van der Waals surface area contributed by atoms with E-state index in [4.69, 9.17) is 5.73 Å². The molecule has 7 heteroatoms. The molecule has 0 saturated carbocycles. The number of aromatic nitrogens is 4. The van der Waals surface area contributed by atoms with Gasteiger partial charge in [-0.15, -0.1) is 5.10 Å². The lowest BCUT2D eigenvalue weighted by Gasteiger charge is -2.31. The Morgan fingerprint density at radius 2 is 2.08 bits per heavy atom. The van der Waals surface area contributed by atoms with Crippen molar-refractivity contribution in [2.75, 3.05) is 13.1 Å². The molecule has 0 spiro atoms. The molecule has 1 aliphatic rings. The Bertz CT molecular complexity index is 968. The van der Waals surface area contributed by atoms with E-state index in [1.54, 1.807) is 0 Å². The van der Waals surface area contributed by atoms with Crippen molar-refractivity contribution in [1.82, 2.24) is 24.9 Å². The van der Waals surface area contributed by atoms with Gasteiger partial charge >= 0.3 is 0 Å². The fourth-order valence-corrected chi connectivity index (χ4v) is 3.66. The van der Waals surface area contributed by atoms with Crippen LogP contribution >= 0.6 is 0 Å². The normalized spacial score (nSPS) is 16.4. The second-order valence-electron chi connectivity index (χ2n) is 7.12. The Morgan fingerprint density at radius 1 is 1.27 bits per heavy atom. The summed E-state index contributed by atoms with van der Waals surface area (Å²) in [7, 11) is 0. The number of nitrogens with two attached hydrogens (primary N) is 1. The fraction of sp³-hybridized carbons (Fsp3) is 0.421. The van der Waals surface area contributed by atoms with Crippen LogP contribution in [0.25, 0.3) is 10.9 Å². The van der Waals surface area contributed by atoms with Gasteiger partial charge in [-0.3, -0.25) is 9.69 Å². The van der Waals surface area contributed by atoms with Crippen molar-refractivity contribution >= 4 is 10.9 Å². The third kappa shape index (κ3) is 3.40. The fourth-order valence-electron chi connectivity index (χ4n) is 3.66. The Morgan fingerprint density at radius 3 is 2.81 bits per heavy atom. The van der Waals surface area contributed by atoms with Gasteiger partial charge in [-0.05, 0) is 43.4 Å². The molecule has 136 valence electrons. The van der Waals surface area contributed by atoms with Crippen molar-refractivity contribution < 1.29 is 0 Å². The molecular formula is C19H24N6O. The van der Waals surface area contributed by atoms with Crippen LogP contribution in [0.5, 0.6) is 0 Å². The molecule has 1 saturated heterocycles. The summed E-state index contributed by atoms with van der Waals surface area (Å²) in [5, 5.41) is 9.35. The van der Waals surface area contributed by atoms with Crippen LogP contribution in [-0.2, 0) is 13.1 Å². The highest BCUT2D eigenvalue weighted by atomic mass is 16.1. The number of hydrogen-bond donors (Lipinski definition) is 2. The van der Waals surface area contributed by atoms with Gasteiger partial charge in [-0.2, -0.15) is 0 Å². The number of likely N-dealkylation sites (tertiary alicyclic amines) is 1. The van der Waals surface area contributed by atoms with E-state index in [0.717, 1.165) is 48.1 Å². The van der Waals surface area contributed by atoms with E-state index < -0.39 is 0 Å². The van der Waals surface area contributed by atoms with Gasteiger partial charge in [0.05, 0.1) is 17.9 Å². The van der Waals surface area contributed by atoms with Gasteiger partial charge < -0.3 is 10.7 Å². The number of H-pyrrole nitrogens is 1. The zero-order chi connectivity index (χ0) is 18.1. The predicted octanol–water partition coefficient (Wildman–Crippen LogP) is 1.72. The number of pyridine rings is 1. The molecular weight excluding hydrogens is 328 g/mol. The lowest BCUT2D eigenvalue weighted by Crippen LogP contribution is -2.35. The van der Waals surface area contributed by atoms with Gasteiger partial charge in [0.1, 0.15) is 0 Å². The minimum absolute atomic E-state index is 0.00680. The maximum absolute atomic E-state index is 12.4. The number of nitrogens with zero attached hydrogens (tertiary/aromatic N) is 4. The molecule has 0 radical (unpaired) electrons. The zero-order valence-electron chi connectivity index (χ0n) is 15.0. The van der Waals surface area contributed by atoms with E-state index >= 15 is 0 Å². The summed E-state index contributed by atoms with van der Waals surface area (Å²) in [5.41, 5.74) is 9.35. The van der Waals surface area contributed by atoms with Gasteiger partial charge in [0.25, 0.3) is 5.56 Å². The number of rotatable bonds is 4. The number of aryl methyl sites for hydroxylation is 1. The van der Waals surface area contributed by atoms with Crippen LogP contribution in [0, 0.1) is 6.92 Å². The Balaban J connectivity index is 1.45. The Hall–Kier alpha value is -2.51. The van der Waals surface area contributed by atoms with Gasteiger partial charge in [-0.1, -0.05) is 16.8 Å². The number of aromatic amines is 1. The topological polar surface area (TPSA) is 92.8 Å². The van der Waals surface area contributed by atoms with E-state index in [0.29, 0.717) is 19.1 Å². The maximum Gasteiger partial charge on any atom is 0.252 e. The molecule has 0 amide bonds. The SMILES string of the molecule is Cc1ccc2[nH]c(=O)c(CN3CCC(n4cc(CN)nn4)CC3)cc2c1. The molecule has 1 aliphatic heterocycles. The predicted molar refractivity (Wildman–Crippen MR) is 101 cm³/mol. The molecule has 26 heavy (non-hydrogen) atoms. The van der Waals surface area contributed by atoms with E-state index in [9.17, 15) is 4.79 Å². The first-order valence-electron chi connectivity index (χ1n) is 9.08. The minimum Gasteiger partial charge on any atom is -0.325 e. The van der Waals surface area contributed by atoms with Crippen molar-refractivity contribution in [3.63, 3.8) is 0 Å². The highest BCUT2D eigenvalue weighted by Gasteiger charge is 2.22. The van der Waals surface area contributed by atoms with Crippen molar-refractivity contribution in [3.8, 4) is 0 Å². The molecule has 0 aliphatic carbocycles. The number of fused-ring (bicyclic) bond motifs is 1. The molecule has 7 nitrogen and oxygen atoms in total. The quantitative estimate of drug-likeness (QED) is 0.746. The lowest BCUT2D eigenvalue weighted by molar-refractivity contribution is 0.171. The molecule has 3 N–H and O–H groups in total. The van der Waals surface area contributed by atoms with Crippen LogP contribution in [0.2, 0.25) is 0 Å². The number of hydrogen-bond acceptors (Lipinski definition) is 5. The first-order valence-corrected chi connectivity index (χ1v) is 9.08. The third-order valence-electron chi connectivity index (χ3n) is 5.17. The minimum atomic E-state index is 0.00680. The van der Waals surface area contributed by atoms with Crippen LogP contribution in [0.15, 0.2) is 35.3 Å². The van der Waals surface area contributed by atoms with Crippen molar-refractivity contribution in [2.24, 2.45) is 5.73 Å². The largest absolute Gasteiger partial charge is 0.325 e. The summed E-state index contributed by atoms with van der Waals surface area (Å²) in [4.78, 5) is 17.7. The number of piperidine rings is 1. The van der Waals surface area contributed by atoms with Crippen molar-refractivity contribution in [3.05, 3.63) is 57.6 Å². The van der Waals surface area contributed by atoms with E-state index in [1.807, 2.05) is 29.1 Å². The van der Waals surface area contributed by atoms with Crippen LogP contribution in [-0.4, -0.2) is 38.0 Å². The van der Waals surface area contributed by atoms with Gasteiger partial charge in [0, 0.05) is 37.3 Å². The number of benzene rings is 1. The smallest absolute Gasteiger partial charge is 0.252 e. The summed E-state index contributed by atoms with van der Waals surface area (Å²) >= 11 is 0. The summed E-state index contributed by atoms with van der Waals surface area (Å²) < 4.78 is 1.94. The molecule has 0 bridgehead atoms. The van der Waals surface area contributed by atoms with Crippen LogP contribution in [0.3, 0.4) is 0 Å². The first kappa shape index (κ1) is 16.9. The van der Waals surface area contributed by atoms with Crippen molar-refractivity contribution in [1.29, 1.82) is 0 Å². The summed E-state index contributed by atoms with van der Waals surface area (Å²) in [6.07, 6.45) is 3.94. The maximum atomic E-state index is 12.4. The number of nitrogens with one attached hydrogen (secondary N) is 1. The molecule has 1 aromatic carbocycles. The highest BCUT2D eigenvalue weighted by molar-refractivity contribution is 5.79. The molecule has 3 aromatic rings. The second-order valence-corrected chi connectivity index (χ2v) is 7.12. The standard InChI is InChI=1S/C19H24N6O/c1-13-2-3-18-14(8-13)9-15(19(26)21-18)11-24-6-4-17(5-7-24)25-12-16(10-20)22-23-25/h2-3,8-9,12,17H,4-7,10-11,20H2,1H3,(H,21,26). The zero-order valence-corrected chi connectivity index (χ0v) is 15.0. The molecule has 1 fully saturated rings. The van der Waals surface area contributed by atoms with Crippen molar-refractivity contribution in [2.45, 2.75) is 38.9 Å².